The lowest BCUT2D eigenvalue weighted by atomic mass is 9.88. The lowest BCUT2D eigenvalue weighted by Crippen LogP contribution is -2.27. The zero-order valence-corrected chi connectivity index (χ0v) is 25.0. The van der Waals surface area contributed by atoms with E-state index in [1.54, 1.807) is 6.20 Å². The molecule has 0 saturated carbocycles. The topological polar surface area (TPSA) is 56.2 Å². The van der Waals surface area contributed by atoms with E-state index in [0.29, 0.717) is 26.0 Å². The van der Waals surface area contributed by atoms with Crippen molar-refractivity contribution in [2.45, 2.75) is 38.8 Å². The first-order chi connectivity index (χ1) is 21.6. The Morgan fingerprint density at radius 1 is 0.841 bits per heavy atom. The summed E-state index contributed by atoms with van der Waals surface area (Å²) in [5, 5.41) is 4.30. The summed E-state index contributed by atoms with van der Waals surface area (Å²) in [4.78, 5) is 17.9. The van der Waals surface area contributed by atoms with Crippen molar-refractivity contribution in [1.29, 1.82) is 0 Å². The minimum absolute atomic E-state index is 0.0110. The molecule has 5 heteroatoms. The maximum absolute atomic E-state index is 13.5. The van der Waals surface area contributed by atoms with Crippen molar-refractivity contribution < 1.29 is 9.53 Å². The van der Waals surface area contributed by atoms with Crippen molar-refractivity contribution in [1.82, 2.24) is 14.9 Å². The van der Waals surface area contributed by atoms with Crippen LogP contribution >= 0.6 is 0 Å². The molecular weight excluding hydrogens is 542 g/mol. The second kappa shape index (κ2) is 13.9. The molecule has 0 unspecified atom stereocenters. The SMILES string of the molecule is Cc1ccc(Cn2cc([C@@H](CC(=O)NCCc3ccccn3)c3cccc(OCc4ccccc4)c3)c3ccccc32)cc1. The Morgan fingerprint density at radius 2 is 1.64 bits per heavy atom. The zero-order chi connectivity index (χ0) is 30.1. The molecule has 5 nitrogen and oxygen atoms in total. The van der Waals surface area contributed by atoms with Crippen molar-refractivity contribution in [2.24, 2.45) is 0 Å². The highest BCUT2D eigenvalue weighted by Gasteiger charge is 2.23. The minimum Gasteiger partial charge on any atom is -0.489 e. The Bertz CT molecular complexity index is 1810. The highest BCUT2D eigenvalue weighted by atomic mass is 16.5. The van der Waals surface area contributed by atoms with E-state index in [1.165, 1.54) is 11.1 Å². The molecule has 0 fully saturated rings. The summed E-state index contributed by atoms with van der Waals surface area (Å²) in [6.45, 7) is 3.89. The first-order valence-corrected chi connectivity index (χ1v) is 15.2. The number of para-hydroxylation sites is 1. The molecule has 0 aliphatic rings. The number of amides is 1. The van der Waals surface area contributed by atoms with Crippen LogP contribution in [0, 0.1) is 6.92 Å². The molecule has 1 N–H and O–H groups in total. The van der Waals surface area contributed by atoms with Crippen molar-refractivity contribution >= 4 is 16.8 Å². The number of fused-ring (bicyclic) bond motifs is 1. The summed E-state index contributed by atoms with van der Waals surface area (Å²) < 4.78 is 8.51. The third kappa shape index (κ3) is 7.24. The van der Waals surface area contributed by atoms with Crippen LogP contribution in [-0.4, -0.2) is 22.0 Å². The van der Waals surface area contributed by atoms with E-state index in [4.69, 9.17) is 4.74 Å². The van der Waals surface area contributed by atoms with Gasteiger partial charge < -0.3 is 14.6 Å². The van der Waals surface area contributed by atoms with Gasteiger partial charge in [-0.25, -0.2) is 0 Å². The molecule has 1 amide bonds. The fourth-order valence-corrected chi connectivity index (χ4v) is 5.68. The van der Waals surface area contributed by atoms with Gasteiger partial charge in [-0.05, 0) is 59.5 Å². The number of aromatic nitrogens is 2. The Hall–Kier alpha value is -5.16. The molecule has 0 aliphatic carbocycles. The standard InChI is InChI=1S/C39H37N3O2/c1-29-17-19-30(20-18-29)26-42-27-37(35-15-5-6-16-38(35)42)36(25-39(43)41-23-21-33-13-7-8-22-40-33)32-12-9-14-34(24-32)44-28-31-10-3-2-4-11-31/h2-20,22,24,27,36H,21,23,25-26,28H2,1H3,(H,41,43)/t36-/m0/s1. The van der Waals surface area contributed by atoms with Gasteiger partial charge in [-0.2, -0.15) is 0 Å². The van der Waals surface area contributed by atoms with Crippen LogP contribution in [0.2, 0.25) is 0 Å². The maximum Gasteiger partial charge on any atom is 0.220 e. The molecule has 220 valence electrons. The third-order valence-corrected chi connectivity index (χ3v) is 8.00. The largest absolute Gasteiger partial charge is 0.489 e. The number of benzene rings is 4. The van der Waals surface area contributed by atoms with Gasteiger partial charge in [0, 0.05) is 60.8 Å². The van der Waals surface area contributed by atoms with Crippen molar-refractivity contribution in [3.05, 3.63) is 167 Å². The fourth-order valence-electron chi connectivity index (χ4n) is 5.68. The van der Waals surface area contributed by atoms with Gasteiger partial charge in [-0.1, -0.05) is 96.6 Å². The first-order valence-electron chi connectivity index (χ1n) is 15.2. The molecule has 0 aliphatic heterocycles. The van der Waals surface area contributed by atoms with E-state index in [2.05, 4.69) is 101 Å². The van der Waals surface area contributed by atoms with E-state index >= 15 is 0 Å². The normalized spacial score (nSPS) is 11.8. The Balaban J connectivity index is 1.30. The van der Waals surface area contributed by atoms with Crippen LogP contribution in [0.5, 0.6) is 5.75 Å². The highest BCUT2D eigenvalue weighted by molar-refractivity contribution is 5.87. The summed E-state index contributed by atoms with van der Waals surface area (Å²) in [6, 6.07) is 41.4. The fraction of sp³-hybridized carbons (Fsp3) is 0.179. The molecule has 0 radical (unpaired) electrons. The van der Waals surface area contributed by atoms with Crippen LogP contribution < -0.4 is 10.1 Å². The van der Waals surface area contributed by atoms with Crippen molar-refractivity contribution in [3.8, 4) is 5.75 Å². The van der Waals surface area contributed by atoms with E-state index < -0.39 is 0 Å². The second-order valence-electron chi connectivity index (χ2n) is 11.2. The Kier molecular flexibility index (Phi) is 9.12. The van der Waals surface area contributed by atoms with Crippen LogP contribution in [0.15, 0.2) is 134 Å². The molecule has 0 bridgehead atoms. The monoisotopic (exact) mass is 579 g/mol. The number of carbonyl (C=O) groups is 1. The second-order valence-corrected chi connectivity index (χ2v) is 11.2. The number of nitrogens with zero attached hydrogens (tertiary/aromatic N) is 2. The van der Waals surface area contributed by atoms with Crippen LogP contribution in [0.4, 0.5) is 0 Å². The summed E-state index contributed by atoms with van der Waals surface area (Å²) in [5.41, 5.74) is 7.90. The van der Waals surface area contributed by atoms with Crippen LogP contribution in [0.25, 0.3) is 10.9 Å². The summed E-state index contributed by atoms with van der Waals surface area (Å²) in [5.74, 6) is 0.640. The Labute approximate surface area is 259 Å². The molecule has 0 saturated heterocycles. The maximum atomic E-state index is 13.5. The van der Waals surface area contributed by atoms with Gasteiger partial charge in [0.05, 0.1) is 0 Å². The predicted molar refractivity (Wildman–Crippen MR) is 177 cm³/mol. The minimum atomic E-state index is -0.158. The smallest absolute Gasteiger partial charge is 0.220 e. The molecule has 2 aromatic heterocycles. The third-order valence-electron chi connectivity index (χ3n) is 8.00. The first kappa shape index (κ1) is 28.9. The van der Waals surface area contributed by atoms with E-state index in [-0.39, 0.29) is 11.8 Å². The summed E-state index contributed by atoms with van der Waals surface area (Å²) in [6.07, 6.45) is 5.03. The lowest BCUT2D eigenvalue weighted by Gasteiger charge is -2.18. The molecule has 1 atom stereocenters. The van der Waals surface area contributed by atoms with Gasteiger partial charge >= 0.3 is 0 Å². The van der Waals surface area contributed by atoms with Gasteiger partial charge in [0.2, 0.25) is 5.91 Å². The number of pyridine rings is 1. The number of rotatable bonds is 12. The molecule has 6 aromatic rings. The van der Waals surface area contributed by atoms with Crippen LogP contribution in [0.1, 0.15) is 45.8 Å². The number of carbonyl (C=O) groups excluding carboxylic acids is 1. The number of hydrogen-bond acceptors (Lipinski definition) is 3. The van der Waals surface area contributed by atoms with E-state index in [0.717, 1.165) is 45.6 Å². The molecular formula is C39H37N3O2. The van der Waals surface area contributed by atoms with Crippen LogP contribution in [0.3, 0.4) is 0 Å². The number of nitrogens with one attached hydrogen (secondary N) is 1. The van der Waals surface area contributed by atoms with Crippen LogP contribution in [-0.2, 0) is 24.4 Å². The summed E-state index contributed by atoms with van der Waals surface area (Å²) in [7, 11) is 0. The molecule has 0 spiro atoms. The van der Waals surface area contributed by atoms with Crippen molar-refractivity contribution in [2.75, 3.05) is 6.54 Å². The Morgan fingerprint density at radius 3 is 2.45 bits per heavy atom. The lowest BCUT2D eigenvalue weighted by molar-refractivity contribution is -0.121. The average Bonchev–Trinajstić information content (AvgIpc) is 3.42. The molecule has 4 aromatic carbocycles. The molecule has 6 rings (SSSR count). The molecule has 44 heavy (non-hydrogen) atoms. The van der Waals surface area contributed by atoms with E-state index in [9.17, 15) is 4.79 Å². The van der Waals surface area contributed by atoms with Gasteiger partial charge in [-0.3, -0.25) is 9.78 Å². The highest BCUT2D eigenvalue weighted by Crippen LogP contribution is 2.36. The number of aryl methyl sites for hydroxylation is 1. The van der Waals surface area contributed by atoms with E-state index in [1.807, 2.05) is 48.5 Å². The molecule has 2 heterocycles. The van der Waals surface area contributed by atoms with Gasteiger partial charge in [0.25, 0.3) is 0 Å². The van der Waals surface area contributed by atoms with Gasteiger partial charge in [-0.15, -0.1) is 0 Å². The predicted octanol–water partition coefficient (Wildman–Crippen LogP) is 7.85. The zero-order valence-electron chi connectivity index (χ0n) is 25.0. The quantitative estimate of drug-likeness (QED) is 0.161. The number of ether oxygens (including phenoxy) is 1. The number of hydrogen-bond donors (Lipinski definition) is 1. The average molecular weight is 580 g/mol. The van der Waals surface area contributed by atoms with Gasteiger partial charge in [0.15, 0.2) is 0 Å². The van der Waals surface area contributed by atoms with Crippen molar-refractivity contribution in [3.63, 3.8) is 0 Å². The van der Waals surface area contributed by atoms with Gasteiger partial charge in [0.1, 0.15) is 12.4 Å². The summed E-state index contributed by atoms with van der Waals surface area (Å²) >= 11 is 0.